The number of aromatic nitrogens is 2. The van der Waals surface area contributed by atoms with Crippen LogP contribution in [0.1, 0.15) is 11.4 Å². The average Bonchev–Trinajstić information content (AvgIpc) is 3.19. The van der Waals surface area contributed by atoms with Crippen LogP contribution in [-0.2, 0) is 13.1 Å². The second-order valence-corrected chi connectivity index (χ2v) is 8.23. The molecule has 4 rings (SSSR count). The van der Waals surface area contributed by atoms with Gasteiger partial charge in [0.25, 0.3) is 5.56 Å². The van der Waals surface area contributed by atoms with E-state index < -0.39 is 0 Å². The lowest BCUT2D eigenvalue weighted by molar-refractivity contribution is -0.908. The molecule has 2 heterocycles. The van der Waals surface area contributed by atoms with Crippen LogP contribution in [-0.4, -0.2) is 31.2 Å². The van der Waals surface area contributed by atoms with Gasteiger partial charge >= 0.3 is 0 Å². The van der Waals surface area contributed by atoms with E-state index in [1.54, 1.807) is 25.6 Å². The molecule has 0 bridgehead atoms. The van der Waals surface area contributed by atoms with Crippen LogP contribution in [0, 0.1) is 0 Å². The predicted octanol–water partition coefficient (Wildman–Crippen LogP) is 2.88. The van der Waals surface area contributed by atoms with Crippen molar-refractivity contribution in [1.82, 2.24) is 9.97 Å². The van der Waals surface area contributed by atoms with Crippen LogP contribution in [0.2, 0.25) is 0 Å². The Balaban J connectivity index is 1.56. The fourth-order valence-electron chi connectivity index (χ4n) is 3.48. The lowest BCUT2D eigenvalue weighted by Crippen LogP contribution is -3.06. The normalized spacial score (nSPS) is 12.1. The number of nitrogens with zero attached hydrogens (tertiary/aromatic N) is 1. The first-order valence-electron chi connectivity index (χ1n) is 9.67. The Morgan fingerprint density at radius 3 is 2.57 bits per heavy atom. The third kappa shape index (κ3) is 4.22. The summed E-state index contributed by atoms with van der Waals surface area (Å²) in [5, 5.41) is 0.636. The molecule has 7 heteroatoms. The smallest absolute Gasteiger partial charge is 0.259 e. The largest absolute Gasteiger partial charge is 0.497 e. The molecule has 0 aliphatic rings. The predicted molar refractivity (Wildman–Crippen MR) is 120 cm³/mol. The maximum atomic E-state index is 12.6. The van der Waals surface area contributed by atoms with Crippen LogP contribution in [0.3, 0.4) is 0 Å². The maximum absolute atomic E-state index is 12.6. The lowest BCUT2D eigenvalue weighted by Gasteiger charge is -2.16. The molecule has 0 amide bonds. The van der Waals surface area contributed by atoms with E-state index in [4.69, 9.17) is 14.5 Å². The Morgan fingerprint density at radius 2 is 1.83 bits per heavy atom. The summed E-state index contributed by atoms with van der Waals surface area (Å²) in [6.07, 6.45) is 0. The first-order chi connectivity index (χ1) is 14.6. The molecule has 0 aliphatic carbocycles. The highest BCUT2D eigenvalue weighted by molar-refractivity contribution is 7.21. The van der Waals surface area contributed by atoms with E-state index in [2.05, 4.69) is 12.0 Å². The Hall–Kier alpha value is -3.16. The van der Waals surface area contributed by atoms with E-state index in [1.807, 2.05) is 54.6 Å². The van der Waals surface area contributed by atoms with Crippen LogP contribution in [0.5, 0.6) is 11.5 Å². The fourth-order valence-corrected chi connectivity index (χ4v) is 4.53. The maximum Gasteiger partial charge on any atom is 0.259 e. The second-order valence-electron chi connectivity index (χ2n) is 7.20. The van der Waals surface area contributed by atoms with Crippen molar-refractivity contribution in [2.24, 2.45) is 0 Å². The first kappa shape index (κ1) is 20.1. The minimum Gasteiger partial charge on any atom is -0.497 e. The molecule has 0 aliphatic heterocycles. The van der Waals surface area contributed by atoms with Crippen molar-refractivity contribution in [3.63, 3.8) is 0 Å². The molecule has 30 heavy (non-hydrogen) atoms. The molecule has 1 unspecified atom stereocenters. The van der Waals surface area contributed by atoms with Gasteiger partial charge in [0.05, 0.1) is 26.7 Å². The number of hydrogen-bond donors (Lipinski definition) is 2. The summed E-state index contributed by atoms with van der Waals surface area (Å²) in [6, 6.07) is 17.8. The van der Waals surface area contributed by atoms with Crippen molar-refractivity contribution in [3.8, 4) is 21.9 Å². The summed E-state index contributed by atoms with van der Waals surface area (Å²) in [5.41, 5.74) is 2.07. The van der Waals surface area contributed by atoms with Gasteiger partial charge in [-0.2, -0.15) is 0 Å². The third-order valence-corrected chi connectivity index (χ3v) is 6.04. The van der Waals surface area contributed by atoms with Crippen molar-refractivity contribution >= 4 is 21.6 Å². The summed E-state index contributed by atoms with van der Waals surface area (Å²) in [5.74, 6) is 2.23. The van der Waals surface area contributed by atoms with Crippen LogP contribution in [0.25, 0.3) is 20.7 Å². The number of methoxy groups -OCH3 is 2. The number of thiophene rings is 1. The number of aromatic amines is 1. The molecule has 0 fully saturated rings. The number of rotatable bonds is 7. The number of H-pyrrole nitrogens is 1. The van der Waals surface area contributed by atoms with Crippen molar-refractivity contribution in [2.45, 2.75) is 13.1 Å². The summed E-state index contributed by atoms with van der Waals surface area (Å²) in [4.78, 5) is 23.3. The van der Waals surface area contributed by atoms with E-state index in [0.717, 1.165) is 38.9 Å². The van der Waals surface area contributed by atoms with Gasteiger partial charge in [-0.1, -0.05) is 30.3 Å². The summed E-state index contributed by atoms with van der Waals surface area (Å²) >= 11 is 1.55. The first-order valence-corrected chi connectivity index (χ1v) is 10.5. The van der Waals surface area contributed by atoms with Crippen molar-refractivity contribution in [2.75, 3.05) is 21.3 Å². The highest BCUT2D eigenvalue weighted by Gasteiger charge is 2.15. The number of fused-ring (bicyclic) bond motifs is 1. The van der Waals surface area contributed by atoms with Crippen molar-refractivity contribution in [1.29, 1.82) is 0 Å². The molecule has 154 valence electrons. The van der Waals surface area contributed by atoms with Crippen LogP contribution in [0.15, 0.2) is 59.4 Å². The quantitative estimate of drug-likeness (QED) is 0.481. The molecular formula is C23H24N3O3S+. The van der Waals surface area contributed by atoms with Gasteiger partial charge in [-0.15, -0.1) is 11.3 Å². The minimum atomic E-state index is -0.0942. The standard InChI is InChI=1S/C23H23N3O3S/c1-26(13-16-9-10-17(28-2)11-19(16)29-3)14-21-24-22(27)18-12-20(30-23(18)25-21)15-7-5-4-6-8-15/h4-12H,13-14H2,1-3H3,(H,24,25,27)/p+1. The molecule has 0 radical (unpaired) electrons. The van der Waals surface area contributed by atoms with E-state index in [9.17, 15) is 4.79 Å². The van der Waals surface area contributed by atoms with Crippen molar-refractivity contribution in [3.05, 3.63) is 76.3 Å². The number of benzene rings is 2. The molecule has 4 aromatic rings. The second kappa shape index (κ2) is 8.69. The molecule has 2 N–H and O–H groups in total. The van der Waals surface area contributed by atoms with Crippen LogP contribution < -0.4 is 19.9 Å². The average molecular weight is 423 g/mol. The van der Waals surface area contributed by atoms with Gasteiger partial charge in [0.1, 0.15) is 29.4 Å². The highest BCUT2D eigenvalue weighted by Crippen LogP contribution is 2.30. The van der Waals surface area contributed by atoms with Gasteiger partial charge in [-0.3, -0.25) is 4.79 Å². The highest BCUT2D eigenvalue weighted by atomic mass is 32.1. The Bertz CT molecular complexity index is 1220. The molecule has 1 atom stereocenters. The summed E-state index contributed by atoms with van der Waals surface area (Å²) < 4.78 is 10.8. The van der Waals surface area contributed by atoms with Crippen LogP contribution in [0.4, 0.5) is 0 Å². The topological polar surface area (TPSA) is 68.7 Å². The molecule has 0 saturated heterocycles. The molecule has 6 nitrogen and oxygen atoms in total. The van der Waals surface area contributed by atoms with Gasteiger partial charge in [-0.25, -0.2) is 4.98 Å². The minimum absolute atomic E-state index is 0.0942. The Labute approximate surface area is 178 Å². The van der Waals surface area contributed by atoms with Gasteiger partial charge in [0.2, 0.25) is 0 Å². The molecule has 2 aromatic heterocycles. The summed E-state index contributed by atoms with van der Waals surface area (Å²) in [7, 11) is 5.36. The van der Waals surface area contributed by atoms with E-state index >= 15 is 0 Å². The zero-order valence-electron chi connectivity index (χ0n) is 17.2. The monoisotopic (exact) mass is 422 g/mol. The number of quaternary nitrogens is 1. The number of nitrogens with one attached hydrogen (secondary N) is 2. The summed E-state index contributed by atoms with van der Waals surface area (Å²) in [6.45, 7) is 1.33. The van der Waals surface area contributed by atoms with E-state index in [-0.39, 0.29) is 5.56 Å². The van der Waals surface area contributed by atoms with Gasteiger partial charge in [0, 0.05) is 16.5 Å². The zero-order valence-corrected chi connectivity index (χ0v) is 18.0. The van der Waals surface area contributed by atoms with E-state index in [1.165, 1.54) is 4.90 Å². The van der Waals surface area contributed by atoms with Gasteiger partial charge in [0.15, 0.2) is 5.82 Å². The van der Waals surface area contributed by atoms with Gasteiger partial charge < -0.3 is 19.4 Å². The molecular weight excluding hydrogens is 398 g/mol. The fraction of sp³-hybridized carbons (Fsp3) is 0.217. The van der Waals surface area contributed by atoms with E-state index in [0.29, 0.717) is 17.8 Å². The number of ether oxygens (including phenoxy) is 2. The van der Waals surface area contributed by atoms with Crippen LogP contribution >= 0.6 is 11.3 Å². The Kier molecular flexibility index (Phi) is 5.83. The molecule has 2 aromatic carbocycles. The lowest BCUT2D eigenvalue weighted by atomic mass is 10.1. The molecule has 0 saturated carbocycles. The Morgan fingerprint density at radius 1 is 1.03 bits per heavy atom. The van der Waals surface area contributed by atoms with Gasteiger partial charge in [-0.05, 0) is 23.8 Å². The van der Waals surface area contributed by atoms with Crippen molar-refractivity contribution < 1.29 is 14.4 Å². The third-order valence-electron chi connectivity index (χ3n) is 4.97. The molecule has 0 spiro atoms. The zero-order chi connectivity index (χ0) is 21.1. The number of hydrogen-bond acceptors (Lipinski definition) is 5. The SMILES string of the molecule is COc1ccc(C[NH+](C)Cc2nc3sc(-c4ccccc4)cc3c(=O)[nH]2)c(OC)c1.